The van der Waals surface area contributed by atoms with Gasteiger partial charge in [0, 0.05) is 12.6 Å². The van der Waals surface area contributed by atoms with E-state index < -0.39 is 0 Å². The minimum absolute atomic E-state index is 0.144. The summed E-state index contributed by atoms with van der Waals surface area (Å²) in [5.74, 6) is 0.924. The highest BCUT2D eigenvalue weighted by atomic mass is 16.5. The van der Waals surface area contributed by atoms with Crippen LogP contribution in [0.4, 0.5) is 0 Å². The van der Waals surface area contributed by atoms with Gasteiger partial charge in [-0.3, -0.25) is 0 Å². The predicted octanol–water partition coefficient (Wildman–Crippen LogP) is 2.30. The van der Waals surface area contributed by atoms with Crippen LogP contribution in [0.5, 0.6) is 5.75 Å². The molecule has 0 spiro atoms. The third-order valence-electron chi connectivity index (χ3n) is 2.45. The van der Waals surface area contributed by atoms with Gasteiger partial charge in [0.2, 0.25) is 0 Å². The lowest BCUT2D eigenvalue weighted by Crippen LogP contribution is -2.18. The molecule has 17 heavy (non-hydrogen) atoms. The van der Waals surface area contributed by atoms with Gasteiger partial charge >= 0.3 is 0 Å². The second kappa shape index (κ2) is 7.30. The molecule has 0 heterocycles. The molecule has 0 bridgehead atoms. The summed E-state index contributed by atoms with van der Waals surface area (Å²) >= 11 is 0. The molecule has 1 unspecified atom stereocenters. The molecule has 3 nitrogen and oxygen atoms in total. The van der Waals surface area contributed by atoms with Crippen molar-refractivity contribution < 1.29 is 9.47 Å². The van der Waals surface area contributed by atoms with E-state index in [9.17, 15) is 0 Å². The van der Waals surface area contributed by atoms with Crippen LogP contribution in [0.25, 0.3) is 0 Å². The second-order valence-electron chi connectivity index (χ2n) is 4.34. The molecule has 1 aromatic rings. The lowest BCUT2D eigenvalue weighted by Gasteiger charge is -2.14. The molecule has 0 aliphatic carbocycles. The van der Waals surface area contributed by atoms with E-state index in [1.54, 1.807) is 0 Å². The van der Waals surface area contributed by atoms with E-state index in [0.717, 1.165) is 18.8 Å². The molecule has 3 heteroatoms. The van der Waals surface area contributed by atoms with Crippen molar-refractivity contribution in [3.63, 3.8) is 0 Å². The molecule has 1 rings (SSSR count). The van der Waals surface area contributed by atoms with E-state index in [-0.39, 0.29) is 6.04 Å². The summed E-state index contributed by atoms with van der Waals surface area (Å²) < 4.78 is 11.0. The maximum atomic E-state index is 5.84. The molecular weight excluding hydrogens is 214 g/mol. The zero-order valence-electron chi connectivity index (χ0n) is 11.0. The van der Waals surface area contributed by atoms with Gasteiger partial charge in [0.15, 0.2) is 0 Å². The summed E-state index contributed by atoms with van der Waals surface area (Å²) in [6, 6.07) is 6.35. The van der Waals surface area contributed by atoms with Crippen molar-refractivity contribution in [1.29, 1.82) is 0 Å². The molecule has 96 valence electrons. The van der Waals surface area contributed by atoms with Crippen LogP contribution in [0.2, 0.25) is 0 Å². The maximum absolute atomic E-state index is 5.84. The summed E-state index contributed by atoms with van der Waals surface area (Å²) in [5.41, 5.74) is 8.25. The zero-order valence-corrected chi connectivity index (χ0v) is 11.0. The Hall–Kier alpha value is -1.06. The molecule has 0 fully saturated rings. The Morgan fingerprint density at radius 3 is 2.71 bits per heavy atom. The van der Waals surface area contributed by atoms with Gasteiger partial charge in [0.25, 0.3) is 0 Å². The minimum Gasteiger partial charge on any atom is -0.491 e. The Balaban J connectivity index is 2.62. The van der Waals surface area contributed by atoms with E-state index in [4.69, 9.17) is 15.2 Å². The monoisotopic (exact) mass is 237 g/mol. The van der Waals surface area contributed by atoms with Crippen molar-refractivity contribution in [2.45, 2.75) is 33.2 Å². The van der Waals surface area contributed by atoms with E-state index in [0.29, 0.717) is 13.2 Å². The van der Waals surface area contributed by atoms with Crippen LogP contribution < -0.4 is 10.5 Å². The molecule has 1 aromatic carbocycles. The summed E-state index contributed by atoms with van der Waals surface area (Å²) in [4.78, 5) is 0. The molecule has 0 saturated carbocycles. The first kappa shape index (κ1) is 14.0. The van der Waals surface area contributed by atoms with Gasteiger partial charge in [-0.1, -0.05) is 17.7 Å². The van der Waals surface area contributed by atoms with Gasteiger partial charge in [0.1, 0.15) is 12.4 Å². The Bertz CT molecular complexity index is 337. The standard InChI is InChI=1S/C14H23NO2/c1-4-16-7-8-17-14-6-5-11(2)9-13(14)10-12(3)15/h5-6,9,12H,4,7-8,10,15H2,1-3H3. The van der Waals surface area contributed by atoms with Crippen LogP contribution in [-0.4, -0.2) is 25.9 Å². The van der Waals surface area contributed by atoms with Gasteiger partial charge < -0.3 is 15.2 Å². The lowest BCUT2D eigenvalue weighted by atomic mass is 10.0. The smallest absolute Gasteiger partial charge is 0.122 e. The number of benzene rings is 1. The molecule has 2 N–H and O–H groups in total. The molecule has 0 aliphatic heterocycles. The van der Waals surface area contributed by atoms with Crippen LogP contribution in [-0.2, 0) is 11.2 Å². The fraction of sp³-hybridized carbons (Fsp3) is 0.571. The van der Waals surface area contributed by atoms with Crippen LogP contribution in [0, 0.1) is 6.92 Å². The van der Waals surface area contributed by atoms with Crippen molar-refractivity contribution in [3.8, 4) is 5.75 Å². The highest BCUT2D eigenvalue weighted by Gasteiger charge is 2.06. The quantitative estimate of drug-likeness (QED) is 0.740. The molecule has 1 atom stereocenters. The predicted molar refractivity (Wildman–Crippen MR) is 70.5 cm³/mol. The van der Waals surface area contributed by atoms with Crippen LogP contribution in [0.15, 0.2) is 18.2 Å². The average Bonchev–Trinajstić information content (AvgIpc) is 2.26. The summed E-state index contributed by atoms with van der Waals surface area (Å²) in [5, 5.41) is 0. The molecular formula is C14H23NO2. The fourth-order valence-corrected chi connectivity index (χ4v) is 1.71. The SMILES string of the molecule is CCOCCOc1ccc(C)cc1CC(C)N. The van der Waals surface area contributed by atoms with Crippen molar-refractivity contribution in [1.82, 2.24) is 0 Å². The number of ether oxygens (including phenoxy) is 2. The van der Waals surface area contributed by atoms with Crippen molar-refractivity contribution in [2.75, 3.05) is 19.8 Å². The number of nitrogens with two attached hydrogens (primary N) is 1. The Kier molecular flexibility index (Phi) is 6.01. The first-order valence-corrected chi connectivity index (χ1v) is 6.19. The van der Waals surface area contributed by atoms with Gasteiger partial charge in [-0.05, 0) is 38.8 Å². The maximum Gasteiger partial charge on any atom is 0.122 e. The third kappa shape index (κ3) is 5.20. The van der Waals surface area contributed by atoms with Crippen LogP contribution in [0.3, 0.4) is 0 Å². The van der Waals surface area contributed by atoms with Gasteiger partial charge in [0.05, 0.1) is 6.61 Å². The Labute approximate surface area is 104 Å². The third-order valence-corrected chi connectivity index (χ3v) is 2.45. The van der Waals surface area contributed by atoms with Gasteiger partial charge in [-0.2, -0.15) is 0 Å². The zero-order chi connectivity index (χ0) is 12.7. The van der Waals surface area contributed by atoms with E-state index >= 15 is 0 Å². The normalized spacial score (nSPS) is 12.5. The highest BCUT2D eigenvalue weighted by molar-refractivity contribution is 5.37. The molecule has 0 radical (unpaired) electrons. The van der Waals surface area contributed by atoms with E-state index in [1.807, 2.05) is 19.9 Å². The molecule has 0 aromatic heterocycles. The number of hydrogen-bond donors (Lipinski definition) is 1. The largest absolute Gasteiger partial charge is 0.491 e. The number of hydrogen-bond acceptors (Lipinski definition) is 3. The van der Waals surface area contributed by atoms with E-state index in [2.05, 4.69) is 19.1 Å². The van der Waals surface area contributed by atoms with Gasteiger partial charge in [-0.15, -0.1) is 0 Å². The van der Waals surface area contributed by atoms with Gasteiger partial charge in [-0.25, -0.2) is 0 Å². The first-order chi connectivity index (χ1) is 8.13. The molecule has 0 aliphatic rings. The van der Waals surface area contributed by atoms with E-state index in [1.165, 1.54) is 11.1 Å². The molecule has 0 amide bonds. The van der Waals surface area contributed by atoms with Crippen LogP contribution in [0.1, 0.15) is 25.0 Å². The fourth-order valence-electron chi connectivity index (χ4n) is 1.71. The summed E-state index contributed by atoms with van der Waals surface area (Å²) in [6.07, 6.45) is 0.839. The number of rotatable bonds is 7. The first-order valence-electron chi connectivity index (χ1n) is 6.19. The van der Waals surface area contributed by atoms with Crippen molar-refractivity contribution >= 4 is 0 Å². The topological polar surface area (TPSA) is 44.5 Å². The van der Waals surface area contributed by atoms with Crippen molar-refractivity contribution in [3.05, 3.63) is 29.3 Å². The average molecular weight is 237 g/mol. The molecule has 0 saturated heterocycles. The summed E-state index contributed by atoms with van der Waals surface area (Å²) in [7, 11) is 0. The Morgan fingerprint density at radius 1 is 1.29 bits per heavy atom. The number of aryl methyl sites for hydroxylation is 1. The second-order valence-corrected chi connectivity index (χ2v) is 4.34. The van der Waals surface area contributed by atoms with Crippen LogP contribution >= 0.6 is 0 Å². The minimum atomic E-state index is 0.144. The van der Waals surface area contributed by atoms with Crippen molar-refractivity contribution in [2.24, 2.45) is 5.73 Å². The highest BCUT2D eigenvalue weighted by Crippen LogP contribution is 2.21. The summed E-state index contributed by atoms with van der Waals surface area (Å²) in [6.45, 7) is 8.00. The lowest BCUT2D eigenvalue weighted by molar-refractivity contribution is 0.110. The Morgan fingerprint density at radius 2 is 2.06 bits per heavy atom.